The van der Waals surface area contributed by atoms with Crippen LogP contribution in [-0.2, 0) is 36.7 Å². The summed E-state index contributed by atoms with van der Waals surface area (Å²) in [5, 5.41) is 15.8. The zero-order valence-corrected chi connectivity index (χ0v) is 35.6. The number of allylic oxidation sites excluding steroid dienone is 2. The molecule has 3 heterocycles. The summed E-state index contributed by atoms with van der Waals surface area (Å²) in [5.74, 6) is 0.878. The van der Waals surface area contributed by atoms with Crippen molar-refractivity contribution in [3.8, 4) is 22.5 Å². The van der Waals surface area contributed by atoms with Crippen molar-refractivity contribution < 1.29 is 30.0 Å². The van der Waals surface area contributed by atoms with Gasteiger partial charge in [-0.05, 0) is 61.6 Å². The molecule has 1 radical (unpaired) electrons. The number of thiophene rings is 1. The van der Waals surface area contributed by atoms with E-state index in [0.29, 0.717) is 5.92 Å². The second kappa shape index (κ2) is 17.5. The number of nitrogens with zero attached hydrogens (tertiary/aromatic N) is 3. The van der Waals surface area contributed by atoms with Crippen molar-refractivity contribution in [3.63, 3.8) is 0 Å². The molecule has 5 aromatic rings. The van der Waals surface area contributed by atoms with Crippen LogP contribution in [0, 0.1) is 22.8 Å². The van der Waals surface area contributed by atoms with E-state index in [0.717, 1.165) is 75.9 Å². The number of aromatic nitrogens is 3. The molecule has 0 aliphatic rings. The van der Waals surface area contributed by atoms with Crippen molar-refractivity contribution in [2.24, 2.45) is 16.7 Å². The second-order valence-corrected chi connectivity index (χ2v) is 16.4. The maximum absolute atomic E-state index is 12.2. The third-order valence-electron chi connectivity index (χ3n) is 10.5. The number of rotatable bonds is 11. The van der Waals surface area contributed by atoms with Crippen LogP contribution in [0.25, 0.3) is 43.5 Å². The van der Waals surface area contributed by atoms with Gasteiger partial charge in [0.1, 0.15) is 16.9 Å². The van der Waals surface area contributed by atoms with Crippen LogP contribution in [0.4, 0.5) is 0 Å². The predicted octanol–water partition coefficient (Wildman–Crippen LogP) is 12.5. The third-order valence-corrected chi connectivity index (χ3v) is 11.4. The molecule has 0 atom stereocenters. The van der Waals surface area contributed by atoms with Crippen molar-refractivity contribution in [1.29, 1.82) is 0 Å². The van der Waals surface area contributed by atoms with E-state index in [4.69, 9.17) is 4.98 Å². The molecule has 0 aliphatic heterocycles. The molecule has 1 N–H and O–H groups in total. The summed E-state index contributed by atoms with van der Waals surface area (Å²) in [6.07, 6.45) is 7.41. The Hall–Kier alpha value is -3.25. The van der Waals surface area contributed by atoms with Gasteiger partial charge in [0.2, 0.25) is 0 Å². The van der Waals surface area contributed by atoms with Crippen molar-refractivity contribution in [3.05, 3.63) is 89.4 Å². The molecule has 0 bridgehead atoms. The van der Waals surface area contributed by atoms with E-state index >= 15 is 0 Å². The van der Waals surface area contributed by atoms with E-state index in [2.05, 4.69) is 105 Å². The Labute approximate surface area is 323 Å². The number of pyridine rings is 1. The number of aliphatic hydroxyl groups excluding tert-OH is 1. The third kappa shape index (κ3) is 9.80. The van der Waals surface area contributed by atoms with Crippen LogP contribution >= 0.6 is 11.3 Å². The van der Waals surface area contributed by atoms with Crippen LogP contribution in [0.5, 0.6) is 0 Å². The molecule has 0 fully saturated rings. The van der Waals surface area contributed by atoms with E-state index in [1.807, 2.05) is 41.5 Å². The summed E-state index contributed by atoms with van der Waals surface area (Å²) in [4.78, 5) is 27.4. The molecular weight excluding hydrogens is 827 g/mol. The predicted molar refractivity (Wildman–Crippen MR) is 213 cm³/mol. The number of carbonyl (C=O) groups excluding carboxylic acids is 1. The van der Waals surface area contributed by atoms with Crippen LogP contribution in [0.3, 0.4) is 0 Å². The van der Waals surface area contributed by atoms with Gasteiger partial charge in [0, 0.05) is 64.7 Å². The molecule has 0 saturated carbocycles. The minimum atomic E-state index is -0.337. The monoisotopic (exact) mass is 883 g/mol. The molecule has 0 amide bonds. The van der Waals surface area contributed by atoms with Crippen LogP contribution in [0.1, 0.15) is 113 Å². The van der Waals surface area contributed by atoms with Crippen molar-refractivity contribution in [2.45, 2.75) is 114 Å². The summed E-state index contributed by atoms with van der Waals surface area (Å²) in [7, 11) is 0. The zero-order chi connectivity index (χ0) is 36.9. The van der Waals surface area contributed by atoms with E-state index in [9.17, 15) is 9.90 Å². The first-order valence-corrected chi connectivity index (χ1v) is 19.1. The summed E-state index contributed by atoms with van der Waals surface area (Å²) < 4.78 is 0. The van der Waals surface area contributed by atoms with Gasteiger partial charge in [0.15, 0.2) is 5.78 Å². The van der Waals surface area contributed by atoms with E-state index in [-0.39, 0.29) is 47.9 Å². The molecule has 275 valence electrons. The molecule has 7 heteroatoms. The molecule has 5 rings (SSSR count). The number of hydrogen-bond acceptors (Lipinski definition) is 6. The van der Waals surface area contributed by atoms with Crippen LogP contribution in [0.2, 0.25) is 0 Å². The molecule has 51 heavy (non-hydrogen) atoms. The fourth-order valence-electron chi connectivity index (χ4n) is 6.01. The smallest absolute Gasteiger partial charge is 0.164 e. The summed E-state index contributed by atoms with van der Waals surface area (Å²) >= 11 is 1.68. The number of fused-ring (bicyclic) bond motifs is 2. The summed E-state index contributed by atoms with van der Waals surface area (Å²) in [6.45, 7) is 23.3. The molecule has 5 nitrogen and oxygen atoms in total. The Morgan fingerprint density at radius 1 is 0.863 bits per heavy atom. The van der Waals surface area contributed by atoms with Gasteiger partial charge in [-0.3, -0.25) is 9.78 Å². The normalized spacial score (nSPS) is 12.5. The quantitative estimate of drug-likeness (QED) is 0.0812. The van der Waals surface area contributed by atoms with Crippen molar-refractivity contribution in [1.82, 2.24) is 15.0 Å². The second-order valence-electron chi connectivity index (χ2n) is 15.5. The number of ketones is 1. The van der Waals surface area contributed by atoms with E-state index < -0.39 is 0 Å². The zero-order valence-electron chi connectivity index (χ0n) is 32.4. The summed E-state index contributed by atoms with van der Waals surface area (Å²) in [6, 6.07) is 20.7. The number of aliphatic hydroxyl groups is 1. The van der Waals surface area contributed by atoms with Gasteiger partial charge in [0.25, 0.3) is 0 Å². The van der Waals surface area contributed by atoms with Gasteiger partial charge in [-0.15, -0.1) is 40.5 Å². The topological polar surface area (TPSA) is 76.0 Å². The van der Waals surface area contributed by atoms with Gasteiger partial charge in [-0.2, -0.15) is 0 Å². The van der Waals surface area contributed by atoms with Crippen molar-refractivity contribution >= 4 is 38.1 Å². The fraction of sp³-hybridized carbons (Fsp3) is 0.455. The molecule has 0 spiro atoms. The van der Waals surface area contributed by atoms with Gasteiger partial charge in [0.05, 0.1) is 5.69 Å². The first-order valence-electron chi connectivity index (χ1n) is 18.2. The first-order chi connectivity index (χ1) is 23.6. The first kappa shape index (κ1) is 42.2. The van der Waals surface area contributed by atoms with Crippen LogP contribution < -0.4 is 0 Å². The summed E-state index contributed by atoms with van der Waals surface area (Å²) in [5.41, 5.74) is 5.78. The Morgan fingerprint density at radius 2 is 1.49 bits per heavy atom. The standard InChI is InChI=1S/C29H28N3S.C15H28O2.Ir/c1-18(2)12-21-10-11-23-24(16-33-28(23)32-21)27-15-26(30-17-31-27)20-13-19-8-6-7-9-22(19)25(14-20)29(3,4)5;1-7-14(5,8-2)12(16)11-13(17)15(6,9-3)10-4;/h6-11,14-18H,12H2,1-5H3;11,16H,7-10H2,1-6H3;/q-1;;/b;12-11-;. The minimum absolute atomic E-state index is 0. The van der Waals surface area contributed by atoms with E-state index in [1.54, 1.807) is 17.7 Å². The molecule has 0 unspecified atom stereocenters. The minimum Gasteiger partial charge on any atom is -0.512 e. The Bertz CT molecular complexity index is 1960. The Balaban J connectivity index is 0.000000335. The number of hydrogen-bond donors (Lipinski definition) is 1. The number of benzene rings is 2. The largest absolute Gasteiger partial charge is 0.512 e. The molecule has 0 aliphatic carbocycles. The average Bonchev–Trinajstić information content (AvgIpc) is 3.53. The molecule has 3 aromatic heterocycles. The van der Waals surface area contributed by atoms with Gasteiger partial charge in [-0.1, -0.05) is 105 Å². The maximum Gasteiger partial charge on any atom is 0.164 e. The fourth-order valence-corrected chi connectivity index (χ4v) is 6.96. The van der Waals surface area contributed by atoms with Crippen LogP contribution in [-0.4, -0.2) is 25.8 Å². The number of carbonyl (C=O) groups is 1. The van der Waals surface area contributed by atoms with E-state index in [1.165, 1.54) is 17.0 Å². The SMILES string of the molecule is CC(C)Cc1ccc2c(-c3cc(-c4[c-]c5ccccc5c(C(C)(C)C)c4)ncn3)csc2n1.CCC(C)(CC)C(=O)/C=C(\O)C(C)(CC)CC.[Ir]. The van der Waals surface area contributed by atoms with Crippen LogP contribution in [0.15, 0.2) is 72.1 Å². The molecular formula is C44H56IrN3O2S-. The van der Waals surface area contributed by atoms with Gasteiger partial charge >= 0.3 is 0 Å². The Kier molecular flexibility index (Phi) is 14.5. The maximum atomic E-state index is 12.2. The molecule has 2 aromatic carbocycles. The van der Waals surface area contributed by atoms with Gasteiger partial charge < -0.3 is 5.11 Å². The average molecular weight is 883 g/mol. The Morgan fingerprint density at radius 3 is 2.10 bits per heavy atom. The van der Waals surface area contributed by atoms with Gasteiger partial charge in [-0.25, -0.2) is 9.97 Å². The van der Waals surface area contributed by atoms with Crippen molar-refractivity contribution in [2.75, 3.05) is 0 Å². The molecule has 0 saturated heterocycles.